The van der Waals surface area contributed by atoms with Crippen LogP contribution in [0.3, 0.4) is 0 Å². The maximum Gasteiger partial charge on any atom is 0.271 e. The summed E-state index contributed by atoms with van der Waals surface area (Å²) in [6.07, 6.45) is 3.23. The van der Waals surface area contributed by atoms with Crippen LogP contribution in [-0.4, -0.2) is 54.4 Å². The highest BCUT2D eigenvalue weighted by atomic mass is 35.5. The molecule has 1 unspecified atom stereocenters. The number of halogens is 2. The fourth-order valence-electron chi connectivity index (χ4n) is 3.63. The summed E-state index contributed by atoms with van der Waals surface area (Å²) in [4.78, 5) is 17.8. The third-order valence-electron chi connectivity index (χ3n) is 5.05. The van der Waals surface area contributed by atoms with Gasteiger partial charge in [-0.3, -0.25) is 4.79 Å². The zero-order chi connectivity index (χ0) is 19.2. The van der Waals surface area contributed by atoms with Crippen molar-refractivity contribution in [3.05, 3.63) is 46.1 Å². The van der Waals surface area contributed by atoms with Crippen LogP contribution in [0.4, 0.5) is 0 Å². The van der Waals surface area contributed by atoms with Crippen LogP contribution < -0.4 is 0 Å². The van der Waals surface area contributed by atoms with Crippen LogP contribution in [0.2, 0.25) is 10.0 Å². The van der Waals surface area contributed by atoms with E-state index in [1.165, 1.54) is 0 Å². The second-order valence-corrected chi connectivity index (χ2v) is 7.91. The van der Waals surface area contributed by atoms with Crippen molar-refractivity contribution in [3.8, 4) is 0 Å². The highest BCUT2D eigenvalue weighted by molar-refractivity contribution is 6.39. The predicted octanol–water partition coefficient (Wildman–Crippen LogP) is 2.81. The lowest BCUT2D eigenvalue weighted by Gasteiger charge is -2.38. The number of nitrogens with zero attached hydrogens (tertiary/aromatic N) is 4. The molecule has 1 fully saturated rings. The van der Waals surface area contributed by atoms with Gasteiger partial charge in [0.1, 0.15) is 17.8 Å². The molecule has 27 heavy (non-hydrogen) atoms. The molecule has 0 saturated carbocycles. The van der Waals surface area contributed by atoms with Gasteiger partial charge in [-0.25, -0.2) is 0 Å². The van der Waals surface area contributed by atoms with Crippen LogP contribution in [0.15, 0.2) is 24.5 Å². The van der Waals surface area contributed by atoms with Crippen molar-refractivity contribution in [1.82, 2.24) is 24.6 Å². The average Bonchev–Trinajstić information content (AvgIpc) is 3.17. The van der Waals surface area contributed by atoms with E-state index < -0.39 is 5.60 Å². The first kappa shape index (κ1) is 18.3. The largest absolute Gasteiger partial charge is 0.388 e. The number of hydrogen-bond donors (Lipinski definition) is 2. The number of aromatic amines is 1. The van der Waals surface area contributed by atoms with Gasteiger partial charge in [0.05, 0.1) is 17.2 Å². The van der Waals surface area contributed by atoms with Crippen LogP contribution >= 0.6 is 23.2 Å². The maximum atomic E-state index is 13.1. The topological polar surface area (TPSA) is 87.0 Å². The summed E-state index contributed by atoms with van der Waals surface area (Å²) in [5, 5.41) is 20.5. The fourth-order valence-corrected chi connectivity index (χ4v) is 4.08. The Hall–Kier alpha value is -2.09. The summed E-state index contributed by atoms with van der Waals surface area (Å²) in [7, 11) is 1.83. The molecule has 0 spiro atoms. The molecule has 4 rings (SSSR count). The van der Waals surface area contributed by atoms with E-state index in [-0.39, 0.29) is 12.5 Å². The summed E-state index contributed by atoms with van der Waals surface area (Å²) in [6, 6.07) is 5.26. The first-order valence-corrected chi connectivity index (χ1v) is 9.43. The van der Waals surface area contributed by atoms with E-state index in [2.05, 4.69) is 15.2 Å². The Bertz CT molecular complexity index is 1010. The molecule has 1 aromatic carbocycles. The standard InChI is InChI=1S/C18H19Cl2N5O2/c1-24-10-21-23-14(24)8-18(27)5-2-6-25(9-18)17(26)16-15(20)12-7-11(19)3-4-13(12)22-16/h3-4,7,10,22,27H,2,5-6,8-9H2,1H3. The van der Waals surface area contributed by atoms with Gasteiger partial charge in [-0.05, 0) is 31.0 Å². The molecule has 3 heterocycles. The van der Waals surface area contributed by atoms with E-state index >= 15 is 0 Å². The molecule has 0 radical (unpaired) electrons. The Morgan fingerprint density at radius 3 is 2.96 bits per heavy atom. The zero-order valence-electron chi connectivity index (χ0n) is 14.7. The Balaban J connectivity index is 1.59. The molecule has 142 valence electrons. The molecule has 1 aliphatic rings. The number of amides is 1. The Labute approximate surface area is 165 Å². The number of nitrogens with one attached hydrogen (secondary N) is 1. The number of H-pyrrole nitrogens is 1. The van der Waals surface area contributed by atoms with E-state index in [4.69, 9.17) is 23.2 Å². The van der Waals surface area contributed by atoms with Crippen molar-refractivity contribution in [2.45, 2.75) is 24.9 Å². The van der Waals surface area contributed by atoms with Crippen molar-refractivity contribution in [3.63, 3.8) is 0 Å². The predicted molar refractivity (Wildman–Crippen MR) is 103 cm³/mol. The molecule has 7 nitrogen and oxygen atoms in total. The number of likely N-dealkylation sites (tertiary alicyclic amines) is 1. The van der Waals surface area contributed by atoms with E-state index in [0.717, 1.165) is 5.52 Å². The van der Waals surface area contributed by atoms with Crippen molar-refractivity contribution in [1.29, 1.82) is 0 Å². The first-order chi connectivity index (χ1) is 12.9. The Kier molecular flexibility index (Phi) is 4.61. The zero-order valence-corrected chi connectivity index (χ0v) is 16.3. The highest BCUT2D eigenvalue weighted by Gasteiger charge is 2.37. The number of fused-ring (bicyclic) bond motifs is 1. The van der Waals surface area contributed by atoms with Crippen LogP contribution in [0.1, 0.15) is 29.2 Å². The minimum atomic E-state index is -1.05. The van der Waals surface area contributed by atoms with Crippen LogP contribution in [0.5, 0.6) is 0 Å². The number of rotatable bonds is 3. The molecular formula is C18H19Cl2N5O2. The lowest BCUT2D eigenvalue weighted by atomic mass is 9.89. The number of carbonyl (C=O) groups excluding carboxylic acids is 1. The molecule has 3 aromatic rings. The minimum Gasteiger partial charge on any atom is -0.388 e. The van der Waals surface area contributed by atoms with E-state index in [9.17, 15) is 9.90 Å². The van der Waals surface area contributed by atoms with Gasteiger partial charge in [0.25, 0.3) is 5.91 Å². The lowest BCUT2D eigenvalue weighted by molar-refractivity contribution is -0.0259. The normalized spacial score (nSPS) is 20.4. The van der Waals surface area contributed by atoms with Gasteiger partial charge in [0.2, 0.25) is 0 Å². The molecule has 0 aliphatic carbocycles. The quantitative estimate of drug-likeness (QED) is 0.698. The molecule has 1 atom stereocenters. The molecular weight excluding hydrogens is 389 g/mol. The van der Waals surface area contributed by atoms with Crippen molar-refractivity contribution in [2.75, 3.05) is 13.1 Å². The van der Waals surface area contributed by atoms with Gasteiger partial charge in [0.15, 0.2) is 0 Å². The number of piperidine rings is 1. The second kappa shape index (κ2) is 6.82. The maximum absolute atomic E-state index is 13.1. The van der Waals surface area contributed by atoms with Gasteiger partial charge < -0.3 is 19.6 Å². The van der Waals surface area contributed by atoms with Gasteiger partial charge in [-0.15, -0.1) is 10.2 Å². The highest BCUT2D eigenvalue weighted by Crippen LogP contribution is 2.32. The number of carbonyl (C=O) groups is 1. The summed E-state index contributed by atoms with van der Waals surface area (Å²) in [5.74, 6) is 0.452. The molecule has 9 heteroatoms. The van der Waals surface area contributed by atoms with Crippen molar-refractivity contribution in [2.24, 2.45) is 7.05 Å². The fraction of sp³-hybridized carbons (Fsp3) is 0.389. The summed E-state index contributed by atoms with van der Waals surface area (Å²) < 4.78 is 1.77. The monoisotopic (exact) mass is 407 g/mol. The number of aromatic nitrogens is 4. The SMILES string of the molecule is Cn1cnnc1CC1(O)CCCN(C(=O)c2[nH]c3ccc(Cl)cc3c2Cl)C1. The van der Waals surface area contributed by atoms with Gasteiger partial charge >= 0.3 is 0 Å². The smallest absolute Gasteiger partial charge is 0.271 e. The number of β-amino-alcohol motifs (C(OH)–C–C–N with tert-alkyl or cyclic N) is 1. The third kappa shape index (κ3) is 3.42. The molecule has 0 bridgehead atoms. The van der Waals surface area contributed by atoms with Gasteiger partial charge in [-0.2, -0.15) is 0 Å². The van der Waals surface area contributed by atoms with Crippen LogP contribution in [-0.2, 0) is 13.5 Å². The van der Waals surface area contributed by atoms with E-state index in [1.807, 2.05) is 7.05 Å². The summed E-state index contributed by atoms with van der Waals surface area (Å²) in [5.41, 5.74) is 0.0206. The van der Waals surface area contributed by atoms with Crippen molar-refractivity contribution >= 4 is 40.0 Å². The summed E-state index contributed by atoms with van der Waals surface area (Å²) >= 11 is 12.5. The minimum absolute atomic E-state index is 0.213. The Morgan fingerprint density at radius 2 is 2.22 bits per heavy atom. The Morgan fingerprint density at radius 1 is 1.41 bits per heavy atom. The van der Waals surface area contributed by atoms with Gasteiger partial charge in [-0.1, -0.05) is 23.2 Å². The van der Waals surface area contributed by atoms with Crippen LogP contribution in [0.25, 0.3) is 10.9 Å². The molecule has 2 aromatic heterocycles. The number of aliphatic hydroxyl groups is 1. The molecule has 1 saturated heterocycles. The molecule has 2 N–H and O–H groups in total. The molecule has 1 amide bonds. The van der Waals surface area contributed by atoms with E-state index in [0.29, 0.717) is 52.8 Å². The number of benzene rings is 1. The van der Waals surface area contributed by atoms with Crippen molar-refractivity contribution < 1.29 is 9.90 Å². The second-order valence-electron chi connectivity index (χ2n) is 7.09. The summed E-state index contributed by atoms with van der Waals surface area (Å²) in [6.45, 7) is 0.775. The number of hydrogen-bond acceptors (Lipinski definition) is 4. The third-order valence-corrected chi connectivity index (χ3v) is 5.67. The van der Waals surface area contributed by atoms with Crippen LogP contribution in [0, 0.1) is 0 Å². The lowest BCUT2D eigenvalue weighted by Crippen LogP contribution is -2.51. The van der Waals surface area contributed by atoms with Gasteiger partial charge in [0, 0.05) is 35.9 Å². The van der Waals surface area contributed by atoms with E-state index in [1.54, 1.807) is 34.0 Å². The molecule has 1 aliphatic heterocycles. The average molecular weight is 408 g/mol. The first-order valence-electron chi connectivity index (χ1n) is 8.67. The number of aryl methyl sites for hydroxylation is 1.